The largest absolute Gasteiger partial charge is 0.490 e. The molecule has 0 spiro atoms. The number of ether oxygens (including phenoxy) is 1. The topological polar surface area (TPSA) is 74.4 Å². The maximum atomic E-state index is 12.7. The van der Waals surface area contributed by atoms with Crippen LogP contribution >= 0.6 is 21.6 Å². The Bertz CT molecular complexity index is 1320. The lowest BCUT2D eigenvalue weighted by Crippen LogP contribution is -2.43. The average Bonchev–Trinajstić information content (AvgIpc) is 3.21. The van der Waals surface area contributed by atoms with Crippen molar-refractivity contribution in [3.05, 3.63) is 64.3 Å². The van der Waals surface area contributed by atoms with E-state index in [0.717, 1.165) is 35.0 Å². The summed E-state index contributed by atoms with van der Waals surface area (Å²) in [6.45, 7) is 1.97. The highest BCUT2D eigenvalue weighted by Crippen LogP contribution is 2.36. The number of rotatable bonds is 7. The molecule has 2 aliphatic heterocycles. The number of aromatic amines is 1. The zero-order valence-electron chi connectivity index (χ0n) is 21.2. The van der Waals surface area contributed by atoms with E-state index in [2.05, 4.69) is 41.2 Å². The van der Waals surface area contributed by atoms with Crippen molar-refractivity contribution in [2.75, 3.05) is 49.9 Å². The Balaban J connectivity index is 1.21. The smallest absolute Gasteiger partial charge is 0.214 e. The number of hydrogen-bond acceptors (Lipinski definition) is 4. The minimum absolute atomic E-state index is 0.0356. The summed E-state index contributed by atoms with van der Waals surface area (Å²) in [5, 5.41) is 5.61. The Morgan fingerprint density at radius 2 is 1.75 bits per heavy atom. The second-order valence-corrected chi connectivity index (χ2v) is 17.9. The fraction of sp³-hybridized carbons (Fsp3) is 0.481. The molecular formula is C27H36ClN3O3S2. The molecule has 0 radical (unpaired) electrons. The van der Waals surface area contributed by atoms with Gasteiger partial charge in [0.1, 0.15) is 11.9 Å². The van der Waals surface area contributed by atoms with Gasteiger partial charge in [0.25, 0.3) is 0 Å². The first-order valence-corrected chi connectivity index (χ1v) is 17.5. The van der Waals surface area contributed by atoms with E-state index in [1.54, 1.807) is 4.31 Å². The highest BCUT2D eigenvalue weighted by atomic mass is 35.5. The van der Waals surface area contributed by atoms with Crippen LogP contribution in [0.2, 0.25) is 5.02 Å². The first-order chi connectivity index (χ1) is 17.1. The fourth-order valence-electron chi connectivity index (χ4n) is 5.13. The van der Waals surface area contributed by atoms with Crippen LogP contribution in [-0.2, 0) is 16.4 Å². The van der Waals surface area contributed by atoms with Gasteiger partial charge in [-0.05, 0) is 85.2 Å². The normalized spacial score (nSPS) is 20.4. The van der Waals surface area contributed by atoms with Gasteiger partial charge in [0.2, 0.25) is 10.0 Å². The Labute approximate surface area is 221 Å². The molecule has 2 aromatic carbocycles. The molecule has 196 valence electrons. The van der Waals surface area contributed by atoms with Crippen molar-refractivity contribution in [2.45, 2.75) is 31.4 Å². The van der Waals surface area contributed by atoms with Crippen LogP contribution in [0.4, 0.5) is 0 Å². The number of fused-ring (bicyclic) bond motifs is 3. The number of nitrogens with one attached hydrogen (secondary N) is 2. The van der Waals surface area contributed by atoms with Gasteiger partial charge in [-0.25, -0.2) is 22.8 Å². The van der Waals surface area contributed by atoms with Crippen LogP contribution in [0.25, 0.3) is 10.9 Å². The van der Waals surface area contributed by atoms with Gasteiger partial charge in [-0.2, -0.15) is 0 Å². The third kappa shape index (κ3) is 5.73. The van der Waals surface area contributed by atoms with Crippen LogP contribution in [-0.4, -0.2) is 73.7 Å². The van der Waals surface area contributed by atoms with Crippen LogP contribution in [0.5, 0.6) is 5.75 Å². The quantitative estimate of drug-likeness (QED) is 0.438. The lowest BCUT2D eigenvalue weighted by molar-refractivity contribution is 0.135. The van der Waals surface area contributed by atoms with Crippen molar-refractivity contribution < 1.29 is 13.2 Å². The van der Waals surface area contributed by atoms with Crippen LogP contribution in [0.1, 0.15) is 35.7 Å². The molecule has 2 N–H and O–H groups in total. The van der Waals surface area contributed by atoms with Crippen LogP contribution < -0.4 is 10.1 Å². The predicted molar refractivity (Wildman–Crippen MR) is 153 cm³/mol. The third-order valence-electron chi connectivity index (χ3n) is 7.18. The van der Waals surface area contributed by atoms with Crippen LogP contribution in [0.3, 0.4) is 0 Å². The summed E-state index contributed by atoms with van der Waals surface area (Å²) in [4.78, 5) is 3.60. The molecule has 1 atom stereocenters. The zero-order valence-corrected chi connectivity index (χ0v) is 23.6. The van der Waals surface area contributed by atoms with Gasteiger partial charge in [0.15, 0.2) is 0 Å². The van der Waals surface area contributed by atoms with E-state index in [9.17, 15) is 8.42 Å². The van der Waals surface area contributed by atoms with E-state index < -0.39 is 20.1 Å². The van der Waals surface area contributed by atoms with E-state index >= 15 is 0 Å². The summed E-state index contributed by atoms with van der Waals surface area (Å²) in [6.07, 6.45) is 8.92. The summed E-state index contributed by atoms with van der Waals surface area (Å²) in [6, 6.07) is 14.4. The Morgan fingerprint density at radius 3 is 2.44 bits per heavy atom. The third-order valence-corrected chi connectivity index (χ3v) is 11.0. The maximum absolute atomic E-state index is 12.7. The average molecular weight is 550 g/mol. The van der Waals surface area contributed by atoms with Crippen LogP contribution in [0, 0.1) is 0 Å². The van der Waals surface area contributed by atoms with Gasteiger partial charge in [-0.1, -0.05) is 23.7 Å². The minimum Gasteiger partial charge on any atom is -0.490 e. The van der Waals surface area contributed by atoms with Gasteiger partial charge in [0, 0.05) is 41.3 Å². The van der Waals surface area contributed by atoms with Crippen molar-refractivity contribution in [3.63, 3.8) is 0 Å². The molecule has 1 aromatic heterocycles. The van der Waals surface area contributed by atoms with Gasteiger partial charge < -0.3 is 15.0 Å². The van der Waals surface area contributed by atoms with E-state index in [1.807, 2.05) is 30.3 Å². The van der Waals surface area contributed by atoms with E-state index in [1.165, 1.54) is 22.2 Å². The number of hydrogen-bond donors (Lipinski definition) is 2. The number of halogens is 1. The minimum atomic E-state index is -3.19. The molecule has 3 heterocycles. The molecule has 9 heteroatoms. The molecule has 1 unspecified atom stereocenters. The molecule has 0 saturated carbocycles. The first kappa shape index (κ1) is 25.9. The molecule has 1 saturated heterocycles. The summed E-state index contributed by atoms with van der Waals surface area (Å²) in [5.74, 6) is 1.83. The number of aromatic nitrogens is 1. The Hall–Kier alpha value is -1.71. The SMILES string of the molecule is CS(C)(C)CCS(=O)(=O)N1CCC(Oc2ccc(C3NCCc4c3[nH]c3ccc(Cl)cc43)cc2)CC1. The maximum Gasteiger partial charge on any atom is 0.214 e. The molecule has 2 aliphatic rings. The standard InChI is InChI=1S/C27H36ClN3O3S2/c1-35(2,3)16-17-36(32,33)31-14-11-22(12-15-31)34-21-7-4-19(5-8-21)26-27-23(10-13-29-26)24-18-20(28)6-9-25(24)30-27/h4-9,18,22,26,29-30H,10-17H2,1-3H3. The summed E-state index contributed by atoms with van der Waals surface area (Å²) in [7, 11) is -4.01. The molecule has 0 amide bonds. The van der Waals surface area contributed by atoms with Crippen molar-refractivity contribution in [2.24, 2.45) is 0 Å². The molecule has 36 heavy (non-hydrogen) atoms. The van der Waals surface area contributed by atoms with Crippen molar-refractivity contribution in [1.82, 2.24) is 14.6 Å². The molecular weight excluding hydrogens is 514 g/mol. The highest BCUT2D eigenvalue weighted by molar-refractivity contribution is 8.32. The first-order valence-electron chi connectivity index (χ1n) is 12.5. The van der Waals surface area contributed by atoms with E-state index in [0.29, 0.717) is 25.9 Å². The summed E-state index contributed by atoms with van der Waals surface area (Å²) >= 11 is 6.25. The molecule has 3 aromatic rings. The number of sulfonamides is 1. The second-order valence-electron chi connectivity index (χ2n) is 10.7. The van der Waals surface area contributed by atoms with Crippen molar-refractivity contribution in [1.29, 1.82) is 0 Å². The van der Waals surface area contributed by atoms with Gasteiger partial charge in [-0.15, -0.1) is 0 Å². The number of nitrogens with zero attached hydrogens (tertiary/aromatic N) is 1. The molecule has 0 bridgehead atoms. The van der Waals surface area contributed by atoms with Gasteiger partial charge in [0.05, 0.1) is 11.8 Å². The molecule has 0 aliphatic carbocycles. The van der Waals surface area contributed by atoms with Gasteiger partial charge >= 0.3 is 0 Å². The molecule has 5 rings (SSSR count). The van der Waals surface area contributed by atoms with Gasteiger partial charge in [-0.3, -0.25) is 0 Å². The van der Waals surface area contributed by atoms with E-state index in [4.69, 9.17) is 16.3 Å². The zero-order chi connectivity index (χ0) is 25.5. The fourth-order valence-corrected chi connectivity index (χ4v) is 9.17. The summed E-state index contributed by atoms with van der Waals surface area (Å²) in [5.41, 5.74) is 4.84. The summed E-state index contributed by atoms with van der Waals surface area (Å²) < 4.78 is 33.4. The molecule has 1 fully saturated rings. The Morgan fingerprint density at radius 1 is 1.03 bits per heavy atom. The predicted octanol–water partition coefficient (Wildman–Crippen LogP) is 4.92. The highest BCUT2D eigenvalue weighted by Gasteiger charge is 2.30. The van der Waals surface area contributed by atoms with Crippen molar-refractivity contribution >= 4 is 42.6 Å². The Kier molecular flexibility index (Phi) is 7.36. The lowest BCUT2D eigenvalue weighted by Gasteiger charge is -2.33. The second kappa shape index (κ2) is 10.2. The number of H-pyrrole nitrogens is 1. The van der Waals surface area contributed by atoms with Crippen LogP contribution in [0.15, 0.2) is 42.5 Å². The number of benzene rings is 2. The van der Waals surface area contributed by atoms with Crippen molar-refractivity contribution in [3.8, 4) is 5.75 Å². The molecule has 6 nitrogen and oxygen atoms in total. The lowest BCUT2D eigenvalue weighted by atomic mass is 9.94. The monoisotopic (exact) mass is 549 g/mol. The number of piperidine rings is 1. The van der Waals surface area contributed by atoms with E-state index in [-0.39, 0.29) is 17.9 Å².